The molecule has 2 aromatic rings. The van der Waals surface area contributed by atoms with Gasteiger partial charge in [-0.05, 0) is 41.0 Å². The maximum atomic E-state index is 5.61. The van der Waals surface area contributed by atoms with Crippen molar-refractivity contribution >= 4 is 43.6 Å². The number of hydrogen-bond donors (Lipinski definition) is 1. The number of rotatable bonds is 3. The highest BCUT2D eigenvalue weighted by Gasteiger charge is 2.26. The summed E-state index contributed by atoms with van der Waals surface area (Å²) in [6.45, 7) is 0. The smallest absolute Gasteiger partial charge is 0.151 e. The first-order chi connectivity index (χ1) is 10.2. The zero-order valence-corrected chi connectivity index (χ0v) is 14.7. The quantitative estimate of drug-likeness (QED) is 0.689. The van der Waals surface area contributed by atoms with Crippen molar-refractivity contribution in [2.24, 2.45) is 0 Å². The van der Waals surface area contributed by atoms with Crippen molar-refractivity contribution in [3.8, 4) is 0 Å². The van der Waals surface area contributed by atoms with E-state index in [-0.39, 0.29) is 11.1 Å². The van der Waals surface area contributed by atoms with Gasteiger partial charge in [-0.2, -0.15) is 0 Å². The summed E-state index contributed by atoms with van der Waals surface area (Å²) < 4.78 is 6.68. The van der Waals surface area contributed by atoms with E-state index in [1.807, 2.05) is 24.3 Å². The molecule has 0 bridgehead atoms. The summed E-state index contributed by atoms with van der Waals surface area (Å²) >= 11 is 7.32. The molecule has 0 amide bonds. The highest BCUT2D eigenvalue weighted by atomic mass is 79.9. The molecule has 1 unspecified atom stereocenters. The third kappa shape index (κ3) is 3.07. The summed E-state index contributed by atoms with van der Waals surface area (Å²) in [6.07, 6.45) is 2.06. The summed E-state index contributed by atoms with van der Waals surface area (Å²) in [5.74, 6) is 0. The highest BCUT2D eigenvalue weighted by Crippen LogP contribution is 2.39. The zero-order valence-electron chi connectivity index (χ0n) is 11.5. The molecule has 0 aliphatic carbocycles. The Kier molecular flexibility index (Phi) is 4.48. The van der Waals surface area contributed by atoms with Gasteiger partial charge in [-0.25, -0.2) is 0 Å². The molecule has 1 heterocycles. The molecule has 0 radical (unpaired) electrons. The third-order valence-electron chi connectivity index (χ3n) is 3.55. The molecular weight excluding hydrogens is 394 g/mol. The Bertz CT molecular complexity index is 670. The molecule has 0 spiro atoms. The second kappa shape index (κ2) is 6.34. The first-order valence-electron chi connectivity index (χ1n) is 6.68. The fourth-order valence-electron chi connectivity index (χ4n) is 2.48. The summed E-state index contributed by atoms with van der Waals surface area (Å²) in [5.41, 5.74) is 4.62. The van der Waals surface area contributed by atoms with Crippen LogP contribution in [0.3, 0.4) is 0 Å². The molecule has 1 aliphatic heterocycles. The first-order valence-corrected chi connectivity index (χ1v) is 8.39. The number of halogens is 2. The van der Waals surface area contributed by atoms with E-state index in [0.717, 1.165) is 21.3 Å². The number of fused-ring (bicyclic) bond motifs is 1. The molecule has 0 aromatic heterocycles. The lowest BCUT2D eigenvalue weighted by Gasteiger charge is -2.30. The molecular formula is C17H15Br2NO. The normalized spacial score (nSPS) is 18.4. The number of alkyl halides is 1. The van der Waals surface area contributed by atoms with Gasteiger partial charge in [0.25, 0.3) is 0 Å². The SMILES string of the molecule is CO[C@H]1Nc2ccc(Br)cc2C=C1C(Br)c1ccccc1. The van der Waals surface area contributed by atoms with Crippen molar-refractivity contribution in [3.05, 3.63) is 69.7 Å². The van der Waals surface area contributed by atoms with E-state index in [4.69, 9.17) is 4.74 Å². The van der Waals surface area contributed by atoms with Crippen LogP contribution in [-0.2, 0) is 4.74 Å². The Morgan fingerprint density at radius 2 is 1.90 bits per heavy atom. The molecule has 3 rings (SSSR count). The number of nitrogens with one attached hydrogen (secondary N) is 1. The van der Waals surface area contributed by atoms with Crippen LogP contribution in [0.1, 0.15) is 16.0 Å². The van der Waals surface area contributed by atoms with Crippen LogP contribution in [-0.4, -0.2) is 13.3 Å². The van der Waals surface area contributed by atoms with Gasteiger partial charge in [-0.1, -0.05) is 62.2 Å². The molecule has 0 saturated carbocycles. The molecule has 2 aromatic carbocycles. The van der Waals surface area contributed by atoms with Crippen LogP contribution >= 0.6 is 31.9 Å². The van der Waals surface area contributed by atoms with Gasteiger partial charge in [0.05, 0.1) is 4.83 Å². The largest absolute Gasteiger partial charge is 0.358 e. The summed E-state index contributed by atoms with van der Waals surface area (Å²) in [7, 11) is 1.72. The van der Waals surface area contributed by atoms with Gasteiger partial charge in [0.1, 0.15) is 0 Å². The van der Waals surface area contributed by atoms with Crippen LogP contribution in [0.4, 0.5) is 5.69 Å². The number of ether oxygens (including phenoxy) is 1. The van der Waals surface area contributed by atoms with Gasteiger partial charge in [-0.3, -0.25) is 0 Å². The molecule has 1 aliphatic rings. The van der Waals surface area contributed by atoms with Gasteiger partial charge in [0.2, 0.25) is 0 Å². The van der Waals surface area contributed by atoms with Crippen LogP contribution in [0.5, 0.6) is 0 Å². The van der Waals surface area contributed by atoms with Crippen LogP contribution < -0.4 is 5.32 Å². The van der Waals surface area contributed by atoms with Gasteiger partial charge in [-0.15, -0.1) is 0 Å². The van der Waals surface area contributed by atoms with E-state index in [9.17, 15) is 0 Å². The molecule has 2 atom stereocenters. The van der Waals surface area contributed by atoms with Crippen molar-refractivity contribution < 1.29 is 4.74 Å². The van der Waals surface area contributed by atoms with E-state index in [2.05, 4.69) is 67.5 Å². The van der Waals surface area contributed by atoms with Gasteiger partial charge in [0.15, 0.2) is 6.23 Å². The Morgan fingerprint density at radius 1 is 1.14 bits per heavy atom. The van der Waals surface area contributed by atoms with E-state index in [1.54, 1.807) is 7.11 Å². The molecule has 2 nitrogen and oxygen atoms in total. The molecule has 108 valence electrons. The lowest BCUT2D eigenvalue weighted by atomic mass is 9.97. The van der Waals surface area contributed by atoms with Crippen molar-refractivity contribution in [2.75, 3.05) is 12.4 Å². The van der Waals surface area contributed by atoms with Crippen molar-refractivity contribution in [2.45, 2.75) is 11.1 Å². The molecule has 4 heteroatoms. The van der Waals surface area contributed by atoms with E-state index in [0.29, 0.717) is 0 Å². The molecule has 0 fully saturated rings. The second-order valence-corrected chi connectivity index (χ2v) is 6.74. The van der Waals surface area contributed by atoms with Gasteiger partial charge in [0, 0.05) is 17.3 Å². The van der Waals surface area contributed by atoms with Crippen molar-refractivity contribution in [1.82, 2.24) is 0 Å². The predicted octanol–water partition coefficient (Wildman–Crippen LogP) is 5.37. The molecule has 1 N–H and O–H groups in total. The maximum Gasteiger partial charge on any atom is 0.151 e. The van der Waals surface area contributed by atoms with Crippen LogP contribution in [0.25, 0.3) is 6.08 Å². The fourth-order valence-corrected chi connectivity index (χ4v) is 3.54. The van der Waals surface area contributed by atoms with Gasteiger partial charge < -0.3 is 10.1 Å². The van der Waals surface area contributed by atoms with E-state index < -0.39 is 0 Å². The average molecular weight is 409 g/mol. The number of methoxy groups -OCH3 is 1. The van der Waals surface area contributed by atoms with Crippen LogP contribution in [0.15, 0.2) is 58.6 Å². The summed E-state index contributed by atoms with van der Waals surface area (Å²) in [5, 5.41) is 3.43. The maximum absolute atomic E-state index is 5.61. The molecule has 21 heavy (non-hydrogen) atoms. The Balaban J connectivity index is 2.02. The minimum absolute atomic E-state index is 0.114. The minimum atomic E-state index is -0.136. The Hall–Kier alpha value is -1.10. The minimum Gasteiger partial charge on any atom is -0.358 e. The van der Waals surface area contributed by atoms with E-state index in [1.165, 1.54) is 5.56 Å². The third-order valence-corrected chi connectivity index (χ3v) is 5.10. The average Bonchev–Trinajstić information content (AvgIpc) is 2.53. The monoisotopic (exact) mass is 407 g/mol. The summed E-state index contributed by atoms with van der Waals surface area (Å²) in [6, 6.07) is 16.5. The number of hydrogen-bond acceptors (Lipinski definition) is 2. The Labute approximate surface area is 141 Å². The number of anilines is 1. The predicted molar refractivity (Wildman–Crippen MR) is 94.6 cm³/mol. The lowest BCUT2D eigenvalue weighted by Crippen LogP contribution is -2.29. The fraction of sp³-hybridized carbons (Fsp3) is 0.176. The molecule has 0 saturated heterocycles. The summed E-state index contributed by atoms with van der Waals surface area (Å²) in [4.78, 5) is 0.114. The van der Waals surface area contributed by atoms with E-state index >= 15 is 0 Å². The second-order valence-electron chi connectivity index (χ2n) is 4.91. The standard InChI is InChI=1S/C17H15Br2NO/c1-21-17-14(16(19)11-5-3-2-4-6-11)10-12-9-13(18)7-8-15(12)20-17/h2-10,16-17,20H,1H3/t16?,17-/m1/s1. The van der Waals surface area contributed by atoms with Crippen molar-refractivity contribution in [3.63, 3.8) is 0 Å². The topological polar surface area (TPSA) is 21.3 Å². The Morgan fingerprint density at radius 3 is 2.62 bits per heavy atom. The van der Waals surface area contributed by atoms with Crippen molar-refractivity contribution in [1.29, 1.82) is 0 Å². The lowest BCUT2D eigenvalue weighted by molar-refractivity contribution is 0.151. The first kappa shape index (κ1) is 14.8. The zero-order chi connectivity index (χ0) is 14.8. The highest BCUT2D eigenvalue weighted by molar-refractivity contribution is 9.10. The van der Waals surface area contributed by atoms with Crippen LogP contribution in [0, 0.1) is 0 Å². The van der Waals surface area contributed by atoms with Crippen LogP contribution in [0.2, 0.25) is 0 Å². The van der Waals surface area contributed by atoms with Gasteiger partial charge >= 0.3 is 0 Å². The number of benzene rings is 2.